The minimum atomic E-state index is 0.114. The molecule has 2 aromatic heterocycles. The zero-order valence-corrected chi connectivity index (χ0v) is 35.5. The van der Waals surface area contributed by atoms with Crippen molar-refractivity contribution >= 4 is 66.4 Å². The molecule has 10 aromatic rings. The lowest BCUT2D eigenvalue weighted by molar-refractivity contribution is 0.642. The molecule has 1 unspecified atom stereocenters. The molecule has 0 aliphatic heterocycles. The summed E-state index contributed by atoms with van der Waals surface area (Å²) in [7, 11) is 0. The quantitative estimate of drug-likeness (QED) is 0.144. The Bertz CT molecular complexity index is 3450. The molecule has 0 fully saturated rings. The molecule has 0 radical (unpaired) electrons. The summed E-state index contributed by atoms with van der Waals surface area (Å²) < 4.78 is 5.04. The van der Waals surface area contributed by atoms with Gasteiger partial charge in [0.15, 0.2) is 0 Å². The molecular weight excluding hydrogens is 777 g/mol. The summed E-state index contributed by atoms with van der Waals surface area (Å²) in [4.78, 5) is 4.83. The summed E-state index contributed by atoms with van der Waals surface area (Å²) in [5.74, 6) is 0. The maximum absolute atomic E-state index is 2.60. The number of rotatable bonds is 9. The van der Waals surface area contributed by atoms with Gasteiger partial charge in [-0.3, -0.25) is 0 Å². The fourth-order valence-electron chi connectivity index (χ4n) is 10.1. The second-order valence-electron chi connectivity index (χ2n) is 16.8. The maximum Gasteiger partial charge on any atom is 0.0561 e. The molecule has 0 N–H and O–H groups in total. The number of allylic oxidation sites excluding steroid dienone is 7. The van der Waals surface area contributed by atoms with Crippen molar-refractivity contribution in [3.05, 3.63) is 248 Å². The van der Waals surface area contributed by atoms with Crippen LogP contribution in [0.4, 0.5) is 22.7 Å². The third-order valence-corrected chi connectivity index (χ3v) is 13.0. The largest absolute Gasteiger partial charge is 0.333 e. The molecule has 0 saturated carbocycles. The molecule has 4 nitrogen and oxygen atoms in total. The van der Waals surface area contributed by atoms with E-state index in [1.807, 2.05) is 0 Å². The van der Waals surface area contributed by atoms with Crippen LogP contribution < -0.4 is 9.80 Å². The normalized spacial score (nSPS) is 14.9. The van der Waals surface area contributed by atoms with Crippen LogP contribution in [0.3, 0.4) is 0 Å². The topological polar surface area (TPSA) is 16.3 Å². The Morgan fingerprint density at radius 3 is 1.75 bits per heavy atom. The van der Waals surface area contributed by atoms with Crippen LogP contribution in [0.25, 0.3) is 60.4 Å². The predicted molar refractivity (Wildman–Crippen MR) is 270 cm³/mol. The van der Waals surface area contributed by atoms with Crippen molar-refractivity contribution in [2.24, 2.45) is 0 Å². The fraction of sp³-hybridized carbons (Fsp3) is 0.0667. The molecule has 0 bridgehead atoms. The van der Waals surface area contributed by atoms with Gasteiger partial charge in [0.2, 0.25) is 0 Å². The van der Waals surface area contributed by atoms with Crippen LogP contribution >= 0.6 is 0 Å². The Kier molecular flexibility index (Phi) is 9.41. The Hall–Kier alpha value is -8.08. The van der Waals surface area contributed by atoms with Gasteiger partial charge in [0.25, 0.3) is 0 Å². The Labute approximate surface area is 373 Å². The Morgan fingerprint density at radius 2 is 1.05 bits per heavy atom. The standard InChI is InChI=1S/C60H46N4/c1-6-18-43(19-7-1)44-30-32-49(33-31-44)62(47-24-12-4-13-25-47)52-38-39-58-54(40-52)56-42-59-55(53-28-16-17-29-57(53)63(59)48-26-14-5-15-27-48)41-60(56)64(58)51-36-34-50(35-37-51)61(45-20-8-2-9-21-45)46-22-10-3-11-23-46/h1-10,12-22,24-36,38-42,51H,11,23,37H2. The molecule has 1 atom stereocenters. The Balaban J connectivity index is 1.05. The van der Waals surface area contributed by atoms with Crippen molar-refractivity contribution in [3.8, 4) is 16.8 Å². The molecule has 64 heavy (non-hydrogen) atoms. The van der Waals surface area contributed by atoms with Gasteiger partial charge in [-0.25, -0.2) is 0 Å². The number of anilines is 4. The lowest BCUT2D eigenvalue weighted by Crippen LogP contribution is -2.23. The lowest BCUT2D eigenvalue weighted by Gasteiger charge is -2.32. The smallest absolute Gasteiger partial charge is 0.0561 e. The second kappa shape index (κ2) is 16.0. The van der Waals surface area contributed by atoms with E-state index in [4.69, 9.17) is 0 Å². The zero-order valence-electron chi connectivity index (χ0n) is 35.5. The van der Waals surface area contributed by atoms with E-state index < -0.39 is 0 Å². The highest BCUT2D eigenvalue weighted by Crippen LogP contribution is 2.44. The van der Waals surface area contributed by atoms with E-state index >= 15 is 0 Å². The van der Waals surface area contributed by atoms with Crippen LogP contribution in [0.1, 0.15) is 25.3 Å². The average molecular weight is 823 g/mol. The summed E-state index contributed by atoms with van der Waals surface area (Å²) in [6, 6.07) is 72.9. The molecule has 0 amide bonds. The number of hydrogen-bond acceptors (Lipinski definition) is 2. The minimum absolute atomic E-state index is 0.114. The van der Waals surface area contributed by atoms with Crippen LogP contribution in [-0.4, -0.2) is 9.13 Å². The van der Waals surface area contributed by atoms with E-state index in [0.717, 1.165) is 42.0 Å². The van der Waals surface area contributed by atoms with Crippen molar-refractivity contribution in [3.63, 3.8) is 0 Å². The van der Waals surface area contributed by atoms with Gasteiger partial charge < -0.3 is 18.9 Å². The molecule has 12 rings (SSSR count). The van der Waals surface area contributed by atoms with Crippen molar-refractivity contribution in [1.82, 2.24) is 9.13 Å². The third-order valence-electron chi connectivity index (χ3n) is 13.0. The van der Waals surface area contributed by atoms with Gasteiger partial charge in [-0.2, -0.15) is 0 Å². The zero-order chi connectivity index (χ0) is 42.4. The summed E-state index contributed by atoms with van der Waals surface area (Å²) in [6.07, 6.45) is 16.9. The minimum Gasteiger partial charge on any atom is -0.333 e. The average Bonchev–Trinajstić information content (AvgIpc) is 3.87. The third kappa shape index (κ3) is 6.54. The van der Waals surface area contributed by atoms with Crippen molar-refractivity contribution < 1.29 is 0 Å². The maximum atomic E-state index is 2.60. The van der Waals surface area contributed by atoms with Crippen LogP contribution in [0, 0.1) is 0 Å². The molecular formula is C60H46N4. The first-order valence-electron chi connectivity index (χ1n) is 22.4. The molecule has 306 valence electrons. The van der Waals surface area contributed by atoms with Crippen LogP contribution in [-0.2, 0) is 0 Å². The highest BCUT2D eigenvalue weighted by atomic mass is 15.2. The van der Waals surface area contributed by atoms with Crippen LogP contribution in [0.5, 0.6) is 0 Å². The van der Waals surface area contributed by atoms with Crippen molar-refractivity contribution in [1.29, 1.82) is 0 Å². The highest BCUT2D eigenvalue weighted by molar-refractivity contribution is 6.19. The number of fused-ring (bicyclic) bond motifs is 6. The first-order valence-corrected chi connectivity index (χ1v) is 22.4. The van der Waals surface area contributed by atoms with E-state index in [0.29, 0.717) is 0 Å². The van der Waals surface area contributed by atoms with E-state index in [1.165, 1.54) is 71.8 Å². The predicted octanol–water partition coefficient (Wildman–Crippen LogP) is 16.2. The van der Waals surface area contributed by atoms with Crippen molar-refractivity contribution in [2.45, 2.75) is 25.3 Å². The summed E-state index contributed by atoms with van der Waals surface area (Å²) in [5.41, 5.74) is 15.5. The molecule has 0 saturated heterocycles. The number of aromatic nitrogens is 2. The van der Waals surface area contributed by atoms with Crippen molar-refractivity contribution in [2.75, 3.05) is 9.80 Å². The SMILES string of the molecule is C1=CCCC(N(C2=CCC(n3c4ccc(N(c5ccccc5)c5ccc(-c6ccccc6)cc5)cc4c4cc5c(cc43)c3ccccc3n5-c3ccccc3)C=C2)c2ccccc2)=C1. The van der Waals surface area contributed by atoms with Gasteiger partial charge in [0.05, 0.1) is 22.6 Å². The molecule has 2 heterocycles. The molecule has 8 aromatic carbocycles. The van der Waals surface area contributed by atoms with E-state index in [-0.39, 0.29) is 6.04 Å². The first kappa shape index (κ1) is 37.7. The fourth-order valence-corrected chi connectivity index (χ4v) is 10.1. The molecule has 0 spiro atoms. The van der Waals surface area contributed by atoms with Gasteiger partial charge in [-0.05, 0) is 127 Å². The molecule has 4 heteroatoms. The number of para-hydroxylation sites is 4. The van der Waals surface area contributed by atoms with Crippen LogP contribution in [0.2, 0.25) is 0 Å². The number of hydrogen-bond donors (Lipinski definition) is 0. The first-order chi connectivity index (χ1) is 31.8. The van der Waals surface area contributed by atoms with E-state index in [2.05, 4.69) is 256 Å². The monoisotopic (exact) mass is 822 g/mol. The highest BCUT2D eigenvalue weighted by Gasteiger charge is 2.25. The van der Waals surface area contributed by atoms with Gasteiger partial charge in [-0.15, -0.1) is 0 Å². The van der Waals surface area contributed by atoms with E-state index in [1.54, 1.807) is 0 Å². The summed E-state index contributed by atoms with van der Waals surface area (Å²) >= 11 is 0. The van der Waals surface area contributed by atoms with Gasteiger partial charge in [-0.1, -0.05) is 140 Å². The Morgan fingerprint density at radius 1 is 0.453 bits per heavy atom. The van der Waals surface area contributed by atoms with Crippen LogP contribution in [0.15, 0.2) is 248 Å². The van der Waals surface area contributed by atoms with Gasteiger partial charge >= 0.3 is 0 Å². The number of benzene rings is 8. The second-order valence-corrected chi connectivity index (χ2v) is 16.8. The molecule has 2 aliphatic rings. The summed E-state index contributed by atoms with van der Waals surface area (Å²) in [6.45, 7) is 0. The summed E-state index contributed by atoms with van der Waals surface area (Å²) in [5, 5.41) is 4.98. The van der Waals surface area contributed by atoms with Gasteiger partial charge in [0, 0.05) is 66.9 Å². The lowest BCUT2D eigenvalue weighted by atomic mass is 10.0. The number of nitrogens with zero attached hydrogens (tertiary/aromatic N) is 4. The molecule has 2 aliphatic carbocycles. The van der Waals surface area contributed by atoms with E-state index in [9.17, 15) is 0 Å². The van der Waals surface area contributed by atoms with Gasteiger partial charge in [0.1, 0.15) is 0 Å².